The van der Waals surface area contributed by atoms with Crippen LogP contribution in [0.1, 0.15) is 71.9 Å². The van der Waals surface area contributed by atoms with Gasteiger partial charge in [-0.15, -0.1) is 0 Å². The molecule has 1 atom stereocenters. The van der Waals surface area contributed by atoms with Gasteiger partial charge in [-0.1, -0.05) is 48.4 Å². The number of aliphatic carboxylic acids is 1. The second kappa shape index (κ2) is 18.1. The van der Waals surface area contributed by atoms with E-state index in [1.807, 2.05) is 11.0 Å². The second-order valence-electron chi connectivity index (χ2n) is 15.7. The Morgan fingerprint density at radius 3 is 2.55 bits per heavy atom. The third-order valence-corrected chi connectivity index (χ3v) is 12.0. The van der Waals surface area contributed by atoms with E-state index in [2.05, 4.69) is 71.5 Å². The highest BCUT2D eigenvalue weighted by Gasteiger charge is 2.42. The fourth-order valence-electron chi connectivity index (χ4n) is 8.59. The summed E-state index contributed by atoms with van der Waals surface area (Å²) in [5, 5.41) is 23.3. The summed E-state index contributed by atoms with van der Waals surface area (Å²) >= 11 is 6.88. The molecule has 2 N–H and O–H groups in total. The van der Waals surface area contributed by atoms with Crippen LogP contribution in [0.2, 0.25) is 5.02 Å². The molecular weight excluding hydrogens is 726 g/mol. The van der Waals surface area contributed by atoms with Gasteiger partial charge < -0.3 is 29.5 Å². The van der Waals surface area contributed by atoms with Crippen molar-refractivity contribution in [3.63, 3.8) is 0 Å². The van der Waals surface area contributed by atoms with Crippen molar-refractivity contribution in [2.24, 2.45) is 5.41 Å². The van der Waals surface area contributed by atoms with Gasteiger partial charge in [-0.3, -0.25) is 14.7 Å². The number of carbonyl (C=O) groups is 1. The number of likely N-dealkylation sites (tertiary alicyclic amines) is 2. The number of nitriles is 1. The molecule has 7 rings (SSSR count). The molecule has 0 unspecified atom stereocenters. The molecule has 4 heterocycles. The number of nitrogens with zero attached hydrogens (tertiary/aromatic N) is 4. The monoisotopic (exact) mass is 777 g/mol. The molecule has 3 saturated heterocycles. The predicted molar refractivity (Wildman–Crippen MR) is 217 cm³/mol. The van der Waals surface area contributed by atoms with E-state index < -0.39 is 12.0 Å². The summed E-state index contributed by atoms with van der Waals surface area (Å²) in [6.07, 6.45) is 9.21. The van der Waals surface area contributed by atoms with Crippen molar-refractivity contribution in [1.29, 1.82) is 5.26 Å². The Labute approximate surface area is 335 Å². The normalized spacial score (nSPS) is 18.2. The molecule has 1 spiro atoms. The lowest BCUT2D eigenvalue weighted by Crippen LogP contribution is -2.62. The minimum Gasteiger partial charge on any atom is -0.493 e. The minimum atomic E-state index is -0.826. The van der Waals surface area contributed by atoms with Crippen LogP contribution in [0, 0.1) is 30.6 Å². The fraction of sp³-hybridized carbons (Fsp3) is 0.444. The van der Waals surface area contributed by atoms with E-state index in [1.165, 1.54) is 32.1 Å². The lowest BCUT2D eigenvalue weighted by atomic mass is 9.74. The molecule has 56 heavy (non-hydrogen) atoms. The number of rotatable bonds is 15. The number of pyridine rings is 1. The summed E-state index contributed by atoms with van der Waals surface area (Å²) < 4.78 is 19.1. The van der Waals surface area contributed by atoms with Crippen LogP contribution in [0.4, 0.5) is 0 Å². The Morgan fingerprint density at radius 1 is 0.964 bits per heavy atom. The smallest absolute Gasteiger partial charge is 0.320 e. The van der Waals surface area contributed by atoms with Gasteiger partial charge in [0, 0.05) is 67.7 Å². The lowest BCUT2D eigenvalue weighted by molar-refractivity contribution is -0.144. The molecule has 11 heteroatoms. The number of hydrogen-bond donors (Lipinski definition) is 2. The van der Waals surface area contributed by atoms with Gasteiger partial charge in [-0.25, -0.2) is 0 Å². The number of nitrogens with one attached hydrogen (secondary N) is 1. The Kier molecular flexibility index (Phi) is 12.8. The molecule has 3 aromatic carbocycles. The number of aromatic nitrogens is 1. The molecule has 10 nitrogen and oxygen atoms in total. The van der Waals surface area contributed by atoms with Crippen molar-refractivity contribution in [2.75, 3.05) is 45.9 Å². The number of ether oxygens (including phenoxy) is 3. The Morgan fingerprint density at radius 2 is 1.77 bits per heavy atom. The first kappa shape index (κ1) is 39.6. The number of halogens is 1. The molecule has 294 valence electrons. The largest absolute Gasteiger partial charge is 0.493 e. The third-order valence-electron chi connectivity index (χ3n) is 11.7. The topological polar surface area (TPSA) is 120 Å². The highest BCUT2D eigenvalue weighted by molar-refractivity contribution is 6.32. The van der Waals surface area contributed by atoms with Gasteiger partial charge in [-0.2, -0.15) is 5.26 Å². The maximum absolute atomic E-state index is 12.1. The predicted octanol–water partition coefficient (Wildman–Crippen LogP) is 7.94. The highest BCUT2D eigenvalue weighted by Crippen LogP contribution is 2.38. The first-order valence-corrected chi connectivity index (χ1v) is 20.2. The molecule has 3 fully saturated rings. The zero-order chi connectivity index (χ0) is 39.1. The van der Waals surface area contributed by atoms with E-state index >= 15 is 0 Å². The maximum Gasteiger partial charge on any atom is 0.320 e. The summed E-state index contributed by atoms with van der Waals surface area (Å²) in [6, 6.07) is 19.4. The number of carboxylic acid groups (broad SMARTS) is 1. The van der Waals surface area contributed by atoms with Gasteiger partial charge in [-0.05, 0) is 105 Å². The summed E-state index contributed by atoms with van der Waals surface area (Å²) in [6.45, 7) is 12.2. The van der Waals surface area contributed by atoms with Gasteiger partial charge >= 0.3 is 5.97 Å². The van der Waals surface area contributed by atoms with E-state index in [9.17, 15) is 15.2 Å². The molecule has 0 amide bonds. The van der Waals surface area contributed by atoms with Gasteiger partial charge in [0.25, 0.3) is 0 Å². The van der Waals surface area contributed by atoms with E-state index in [0.717, 1.165) is 83.6 Å². The van der Waals surface area contributed by atoms with Crippen molar-refractivity contribution in [2.45, 2.75) is 78.2 Å². The minimum absolute atomic E-state index is 0.166. The summed E-state index contributed by atoms with van der Waals surface area (Å²) in [5.74, 6) is 1.08. The van der Waals surface area contributed by atoms with E-state index in [-0.39, 0.29) is 13.2 Å². The molecule has 1 aromatic heterocycles. The van der Waals surface area contributed by atoms with Crippen LogP contribution in [0.15, 0.2) is 67.0 Å². The van der Waals surface area contributed by atoms with E-state index in [1.54, 1.807) is 18.3 Å². The Bertz CT molecular complexity index is 2050. The molecule has 0 radical (unpaired) electrons. The first-order valence-electron chi connectivity index (χ1n) is 19.9. The summed E-state index contributed by atoms with van der Waals surface area (Å²) in [5.41, 5.74) is 7.94. The van der Waals surface area contributed by atoms with Crippen LogP contribution in [0.3, 0.4) is 0 Å². The van der Waals surface area contributed by atoms with E-state index in [4.69, 9.17) is 25.8 Å². The van der Waals surface area contributed by atoms with Crippen molar-refractivity contribution in [3.8, 4) is 34.4 Å². The fourth-order valence-corrected chi connectivity index (χ4v) is 8.83. The average Bonchev–Trinajstić information content (AvgIpc) is 3.19. The zero-order valence-corrected chi connectivity index (χ0v) is 33.2. The van der Waals surface area contributed by atoms with Gasteiger partial charge in [0.1, 0.15) is 42.6 Å². The number of benzene rings is 3. The third kappa shape index (κ3) is 9.30. The van der Waals surface area contributed by atoms with Gasteiger partial charge in [0.05, 0.1) is 17.2 Å². The van der Waals surface area contributed by atoms with Crippen molar-refractivity contribution in [1.82, 2.24) is 20.1 Å². The Hall–Kier alpha value is -4.66. The van der Waals surface area contributed by atoms with Crippen LogP contribution in [0.5, 0.6) is 17.2 Å². The number of hydrogen-bond acceptors (Lipinski definition) is 9. The van der Waals surface area contributed by atoms with Crippen LogP contribution in [0.25, 0.3) is 11.1 Å². The quantitative estimate of drug-likeness (QED) is 0.115. The molecule has 3 aliphatic heterocycles. The van der Waals surface area contributed by atoms with Crippen LogP contribution in [-0.4, -0.2) is 77.8 Å². The van der Waals surface area contributed by atoms with Crippen molar-refractivity contribution >= 4 is 17.6 Å². The zero-order valence-electron chi connectivity index (χ0n) is 32.5. The van der Waals surface area contributed by atoms with Crippen LogP contribution in [-0.2, 0) is 24.6 Å². The molecule has 0 aliphatic carbocycles. The summed E-state index contributed by atoms with van der Waals surface area (Å²) in [7, 11) is 0. The van der Waals surface area contributed by atoms with Gasteiger partial charge in [0.2, 0.25) is 0 Å². The Balaban J connectivity index is 1.03. The first-order chi connectivity index (χ1) is 27.2. The highest BCUT2D eigenvalue weighted by atomic mass is 35.5. The van der Waals surface area contributed by atoms with Crippen LogP contribution < -0.4 is 19.5 Å². The van der Waals surface area contributed by atoms with Crippen LogP contribution >= 0.6 is 11.6 Å². The van der Waals surface area contributed by atoms with Gasteiger partial charge in [0.15, 0.2) is 0 Å². The lowest BCUT2D eigenvalue weighted by Gasteiger charge is -2.52. The number of piperidine rings is 2. The molecule has 0 saturated carbocycles. The maximum atomic E-state index is 12.1. The molecule has 4 aromatic rings. The SMILES string of the molecule is Cc1c(COc2cc(OCc3cncc(C#N)c3)c(CN3CCCC[C@H]3C(=O)O)cc2Cl)cccc1-c1cccc(OCCCN2CC3(CCCNC3)C2)c1C. The average molecular weight is 778 g/mol. The second-order valence-corrected chi connectivity index (χ2v) is 16.1. The standard InChI is InChI=1S/C45H52ClN5O5/c1-31-35(9-5-10-37(31)38-11-6-13-41(32(38)2)54-18-8-16-50-29-45(30-50)14-7-15-48-28-45)27-56-43-21-42(55-26-34-19-33(22-47)23-49-24-34)36(20-39(43)46)25-51-17-4-3-12-40(51)44(52)53/h5-6,9-11,13,19-21,23-24,40,48H,3-4,7-8,12,14-18,25-30H2,1-2H3,(H,52,53)/t40-/m0/s1. The van der Waals surface area contributed by atoms with Crippen molar-refractivity contribution < 1.29 is 24.1 Å². The molecule has 3 aliphatic rings. The van der Waals surface area contributed by atoms with E-state index in [0.29, 0.717) is 53.6 Å². The number of carboxylic acids is 1. The molecular formula is C45H52ClN5O5. The molecule has 0 bridgehead atoms. The summed E-state index contributed by atoms with van der Waals surface area (Å²) in [4.78, 5) is 20.8. The van der Waals surface area contributed by atoms with Crippen molar-refractivity contribution in [3.05, 3.63) is 105 Å².